The Kier molecular flexibility index (Phi) is 7.58. The molecule has 0 heterocycles. The monoisotopic (exact) mass is 223 g/mol. The minimum Gasteiger partial charge on any atom is -0.330 e. The normalized spacial score (nSPS) is 26.3. The maximum Gasteiger partial charge on any atom is -0.00462 e. The SMILES string of the molecule is C=CCCCCCC1CCCCCC1CN. The topological polar surface area (TPSA) is 26.0 Å². The van der Waals surface area contributed by atoms with Crippen LogP contribution in [0.15, 0.2) is 12.7 Å². The van der Waals surface area contributed by atoms with Crippen molar-refractivity contribution in [3.8, 4) is 0 Å². The van der Waals surface area contributed by atoms with E-state index in [1.165, 1.54) is 64.2 Å². The average molecular weight is 223 g/mol. The summed E-state index contributed by atoms with van der Waals surface area (Å²) >= 11 is 0. The van der Waals surface area contributed by atoms with Crippen LogP contribution < -0.4 is 5.73 Å². The van der Waals surface area contributed by atoms with Crippen LogP contribution in [-0.4, -0.2) is 6.54 Å². The van der Waals surface area contributed by atoms with Crippen LogP contribution in [0.1, 0.15) is 64.2 Å². The molecule has 0 amide bonds. The van der Waals surface area contributed by atoms with Crippen LogP contribution >= 0.6 is 0 Å². The molecule has 1 nitrogen and oxygen atoms in total. The van der Waals surface area contributed by atoms with Crippen LogP contribution in [0.4, 0.5) is 0 Å². The Morgan fingerprint density at radius 1 is 1.00 bits per heavy atom. The Morgan fingerprint density at radius 3 is 2.44 bits per heavy atom. The van der Waals surface area contributed by atoms with E-state index in [2.05, 4.69) is 6.58 Å². The van der Waals surface area contributed by atoms with Gasteiger partial charge in [0, 0.05) is 0 Å². The second kappa shape index (κ2) is 8.81. The predicted molar refractivity (Wildman–Crippen MR) is 72.4 cm³/mol. The van der Waals surface area contributed by atoms with E-state index in [-0.39, 0.29) is 0 Å². The van der Waals surface area contributed by atoms with Gasteiger partial charge in [0.25, 0.3) is 0 Å². The summed E-state index contributed by atoms with van der Waals surface area (Å²) in [6, 6.07) is 0. The van der Waals surface area contributed by atoms with Crippen LogP contribution in [0.5, 0.6) is 0 Å². The largest absolute Gasteiger partial charge is 0.330 e. The Labute approximate surface area is 101 Å². The van der Waals surface area contributed by atoms with Gasteiger partial charge in [-0.25, -0.2) is 0 Å². The van der Waals surface area contributed by atoms with Gasteiger partial charge < -0.3 is 5.73 Å². The van der Waals surface area contributed by atoms with E-state index in [1.54, 1.807) is 0 Å². The summed E-state index contributed by atoms with van der Waals surface area (Å²) in [5, 5.41) is 0. The highest BCUT2D eigenvalue weighted by Crippen LogP contribution is 2.31. The molecule has 1 fully saturated rings. The van der Waals surface area contributed by atoms with Gasteiger partial charge in [-0.1, -0.05) is 51.0 Å². The first-order chi connectivity index (χ1) is 7.88. The smallest absolute Gasteiger partial charge is 0.00462 e. The Hall–Kier alpha value is -0.300. The van der Waals surface area contributed by atoms with Crippen LogP contribution in [-0.2, 0) is 0 Å². The second-order valence-corrected chi connectivity index (χ2v) is 5.32. The fourth-order valence-electron chi connectivity index (χ4n) is 3.02. The van der Waals surface area contributed by atoms with Crippen molar-refractivity contribution in [3.63, 3.8) is 0 Å². The molecule has 1 saturated carbocycles. The number of nitrogens with two attached hydrogens (primary N) is 1. The molecule has 0 radical (unpaired) electrons. The molecule has 0 aromatic heterocycles. The minimum absolute atomic E-state index is 0.821. The number of rotatable bonds is 7. The van der Waals surface area contributed by atoms with E-state index in [1.807, 2.05) is 6.08 Å². The lowest BCUT2D eigenvalue weighted by molar-refractivity contribution is 0.292. The Morgan fingerprint density at radius 2 is 1.75 bits per heavy atom. The third-order valence-electron chi connectivity index (χ3n) is 4.10. The first-order valence-corrected chi connectivity index (χ1v) is 7.19. The summed E-state index contributed by atoms with van der Waals surface area (Å²) in [4.78, 5) is 0. The molecule has 0 bridgehead atoms. The van der Waals surface area contributed by atoms with Gasteiger partial charge in [0.1, 0.15) is 0 Å². The lowest BCUT2D eigenvalue weighted by Crippen LogP contribution is -2.22. The van der Waals surface area contributed by atoms with Crippen molar-refractivity contribution in [2.24, 2.45) is 17.6 Å². The molecule has 0 saturated heterocycles. The highest BCUT2D eigenvalue weighted by molar-refractivity contribution is 4.75. The van der Waals surface area contributed by atoms with E-state index < -0.39 is 0 Å². The summed E-state index contributed by atoms with van der Waals surface area (Å²) < 4.78 is 0. The van der Waals surface area contributed by atoms with Crippen LogP contribution in [0.25, 0.3) is 0 Å². The first-order valence-electron chi connectivity index (χ1n) is 7.19. The fourth-order valence-corrected chi connectivity index (χ4v) is 3.02. The van der Waals surface area contributed by atoms with Crippen LogP contribution in [0.3, 0.4) is 0 Å². The Balaban J connectivity index is 2.18. The first kappa shape index (κ1) is 13.8. The Bertz CT molecular complexity index is 176. The molecule has 0 aliphatic heterocycles. The highest BCUT2D eigenvalue weighted by Gasteiger charge is 2.21. The molecule has 1 aliphatic carbocycles. The quantitative estimate of drug-likeness (QED) is 0.389. The zero-order valence-electron chi connectivity index (χ0n) is 10.8. The minimum atomic E-state index is 0.821. The highest BCUT2D eigenvalue weighted by atomic mass is 14.6. The van der Waals surface area contributed by atoms with E-state index in [0.717, 1.165) is 18.4 Å². The molecule has 2 N–H and O–H groups in total. The second-order valence-electron chi connectivity index (χ2n) is 5.32. The van der Waals surface area contributed by atoms with Gasteiger partial charge in [-0.3, -0.25) is 0 Å². The predicted octanol–water partition coefficient (Wildman–Crippen LogP) is 4.28. The molecule has 1 aliphatic rings. The zero-order chi connectivity index (χ0) is 11.6. The summed E-state index contributed by atoms with van der Waals surface area (Å²) in [5.41, 5.74) is 5.90. The van der Waals surface area contributed by atoms with Gasteiger partial charge in [-0.2, -0.15) is 0 Å². The summed E-state index contributed by atoms with van der Waals surface area (Å²) in [6.07, 6.45) is 15.8. The van der Waals surface area contributed by atoms with Crippen molar-refractivity contribution < 1.29 is 0 Å². The number of hydrogen-bond acceptors (Lipinski definition) is 1. The molecule has 1 heteroatoms. The lowest BCUT2D eigenvalue weighted by atomic mass is 9.84. The zero-order valence-corrected chi connectivity index (χ0v) is 10.8. The number of allylic oxidation sites excluding steroid dienone is 1. The van der Waals surface area contributed by atoms with Gasteiger partial charge in [0.15, 0.2) is 0 Å². The third-order valence-corrected chi connectivity index (χ3v) is 4.10. The molecule has 2 unspecified atom stereocenters. The standard InChI is InChI=1S/C15H29N/c1-2-3-4-5-7-10-14-11-8-6-9-12-15(14)13-16/h2,14-15H,1,3-13,16H2. The van der Waals surface area contributed by atoms with Gasteiger partial charge in [0.2, 0.25) is 0 Å². The van der Waals surface area contributed by atoms with Crippen molar-refractivity contribution in [1.82, 2.24) is 0 Å². The summed E-state index contributed by atoms with van der Waals surface area (Å²) in [6.45, 7) is 4.68. The van der Waals surface area contributed by atoms with E-state index in [0.29, 0.717) is 0 Å². The van der Waals surface area contributed by atoms with Crippen molar-refractivity contribution in [1.29, 1.82) is 0 Å². The molecule has 1 rings (SSSR count). The van der Waals surface area contributed by atoms with Gasteiger partial charge in [-0.15, -0.1) is 6.58 Å². The molecular weight excluding hydrogens is 194 g/mol. The summed E-state index contributed by atoms with van der Waals surface area (Å²) in [5.74, 6) is 1.75. The summed E-state index contributed by atoms with van der Waals surface area (Å²) in [7, 11) is 0. The van der Waals surface area contributed by atoms with E-state index in [4.69, 9.17) is 5.73 Å². The number of unbranched alkanes of at least 4 members (excludes halogenated alkanes) is 3. The molecule has 16 heavy (non-hydrogen) atoms. The molecule has 94 valence electrons. The van der Waals surface area contributed by atoms with Crippen molar-refractivity contribution in [2.45, 2.75) is 64.2 Å². The van der Waals surface area contributed by atoms with Crippen LogP contribution in [0.2, 0.25) is 0 Å². The van der Waals surface area contributed by atoms with Crippen molar-refractivity contribution in [2.75, 3.05) is 6.54 Å². The number of hydrogen-bond donors (Lipinski definition) is 1. The van der Waals surface area contributed by atoms with Gasteiger partial charge in [-0.05, 0) is 37.6 Å². The maximum atomic E-state index is 5.90. The molecule has 0 aromatic rings. The third kappa shape index (κ3) is 5.16. The molecular formula is C15H29N. The molecule has 0 aromatic carbocycles. The lowest BCUT2D eigenvalue weighted by Gasteiger charge is -2.23. The fraction of sp³-hybridized carbons (Fsp3) is 0.867. The van der Waals surface area contributed by atoms with E-state index in [9.17, 15) is 0 Å². The maximum absolute atomic E-state index is 5.90. The van der Waals surface area contributed by atoms with Crippen molar-refractivity contribution >= 4 is 0 Å². The van der Waals surface area contributed by atoms with E-state index >= 15 is 0 Å². The average Bonchev–Trinajstić information content (AvgIpc) is 2.53. The van der Waals surface area contributed by atoms with Gasteiger partial charge >= 0.3 is 0 Å². The molecule has 0 spiro atoms. The molecule has 2 atom stereocenters. The van der Waals surface area contributed by atoms with Crippen LogP contribution in [0, 0.1) is 11.8 Å². The van der Waals surface area contributed by atoms with Crippen molar-refractivity contribution in [3.05, 3.63) is 12.7 Å². The van der Waals surface area contributed by atoms with Gasteiger partial charge in [0.05, 0.1) is 0 Å².